The van der Waals surface area contributed by atoms with Gasteiger partial charge >= 0.3 is 12.0 Å². The molecule has 0 aliphatic carbocycles. The van der Waals surface area contributed by atoms with Crippen LogP contribution in [0.15, 0.2) is 30.3 Å². The number of rotatable bonds is 4. The maximum atomic E-state index is 12.4. The molecule has 7 nitrogen and oxygen atoms in total. The Labute approximate surface area is 152 Å². The van der Waals surface area contributed by atoms with E-state index in [0.29, 0.717) is 32.5 Å². The minimum Gasteiger partial charge on any atom is -0.481 e. The zero-order valence-electron chi connectivity index (χ0n) is 15.1. The van der Waals surface area contributed by atoms with Gasteiger partial charge in [-0.05, 0) is 30.5 Å². The maximum Gasteiger partial charge on any atom is 0.317 e. The van der Waals surface area contributed by atoms with Crippen LogP contribution < -0.4 is 10.2 Å². The van der Waals surface area contributed by atoms with E-state index in [2.05, 4.69) is 10.3 Å². The number of urea groups is 1. The normalized spacial score (nSPS) is 15.1. The van der Waals surface area contributed by atoms with Gasteiger partial charge in [0.25, 0.3) is 0 Å². The highest BCUT2D eigenvalue weighted by molar-refractivity contribution is 5.85. The van der Waals surface area contributed by atoms with E-state index in [-0.39, 0.29) is 11.9 Å². The Morgan fingerprint density at radius 3 is 2.62 bits per heavy atom. The van der Waals surface area contributed by atoms with Crippen LogP contribution in [0.5, 0.6) is 0 Å². The minimum absolute atomic E-state index is 0.152. The van der Waals surface area contributed by atoms with Crippen molar-refractivity contribution in [1.29, 1.82) is 0 Å². The molecule has 0 saturated carbocycles. The number of aliphatic carboxylic acids is 1. The molecule has 1 saturated heterocycles. The second kappa shape index (κ2) is 7.59. The van der Waals surface area contributed by atoms with E-state index < -0.39 is 5.97 Å². The van der Waals surface area contributed by atoms with E-state index in [1.165, 1.54) is 0 Å². The van der Waals surface area contributed by atoms with Gasteiger partial charge in [-0.3, -0.25) is 4.79 Å². The molecule has 26 heavy (non-hydrogen) atoms. The summed E-state index contributed by atoms with van der Waals surface area (Å²) in [6, 6.07) is 9.71. The Bertz CT molecular complexity index is 814. The van der Waals surface area contributed by atoms with E-state index in [1.54, 1.807) is 4.90 Å². The van der Waals surface area contributed by atoms with E-state index in [4.69, 9.17) is 5.11 Å². The predicted molar refractivity (Wildman–Crippen MR) is 100 cm³/mol. The number of carbonyl (C=O) groups is 2. The highest BCUT2D eigenvalue weighted by atomic mass is 16.4. The molecule has 1 aromatic heterocycles. The second-order valence-corrected chi connectivity index (χ2v) is 6.81. The third-order valence-electron chi connectivity index (χ3n) is 4.81. The Kier molecular flexibility index (Phi) is 5.25. The van der Waals surface area contributed by atoms with Gasteiger partial charge in [-0.15, -0.1) is 0 Å². The van der Waals surface area contributed by atoms with E-state index >= 15 is 0 Å². The quantitative estimate of drug-likeness (QED) is 0.878. The Morgan fingerprint density at radius 1 is 1.27 bits per heavy atom. The van der Waals surface area contributed by atoms with Gasteiger partial charge in [0.15, 0.2) is 0 Å². The van der Waals surface area contributed by atoms with Gasteiger partial charge in [0.1, 0.15) is 5.82 Å². The largest absolute Gasteiger partial charge is 0.481 e. The molecule has 138 valence electrons. The zero-order valence-corrected chi connectivity index (χ0v) is 15.1. The number of hydrogen-bond acceptors (Lipinski definition) is 4. The molecule has 1 aliphatic heterocycles. The van der Waals surface area contributed by atoms with Gasteiger partial charge in [0.05, 0.1) is 11.4 Å². The lowest BCUT2D eigenvalue weighted by atomic mass is 9.97. The van der Waals surface area contributed by atoms with Gasteiger partial charge in [0, 0.05) is 39.1 Å². The van der Waals surface area contributed by atoms with Crippen molar-refractivity contribution in [1.82, 2.24) is 15.2 Å². The fourth-order valence-electron chi connectivity index (χ4n) is 3.22. The van der Waals surface area contributed by atoms with Crippen molar-refractivity contribution in [2.75, 3.05) is 32.1 Å². The topological polar surface area (TPSA) is 85.8 Å². The third-order valence-corrected chi connectivity index (χ3v) is 4.81. The number of carboxylic acids is 1. The summed E-state index contributed by atoms with van der Waals surface area (Å²) in [5.41, 5.74) is 1.90. The molecule has 2 heterocycles. The van der Waals surface area contributed by atoms with Crippen molar-refractivity contribution in [2.24, 2.45) is 5.92 Å². The van der Waals surface area contributed by atoms with Crippen LogP contribution in [-0.2, 0) is 11.3 Å². The number of carboxylic acid groups (broad SMARTS) is 1. The number of pyridine rings is 1. The van der Waals surface area contributed by atoms with Crippen LogP contribution in [-0.4, -0.2) is 54.2 Å². The van der Waals surface area contributed by atoms with Crippen molar-refractivity contribution in [3.8, 4) is 0 Å². The molecule has 3 rings (SSSR count). The monoisotopic (exact) mass is 356 g/mol. The van der Waals surface area contributed by atoms with Gasteiger partial charge < -0.3 is 20.2 Å². The Hall–Kier alpha value is -2.83. The number of hydrogen-bond donors (Lipinski definition) is 2. The summed E-state index contributed by atoms with van der Waals surface area (Å²) < 4.78 is 0. The molecule has 2 amide bonds. The third kappa shape index (κ3) is 3.87. The molecule has 0 atom stereocenters. The van der Waals surface area contributed by atoms with Crippen molar-refractivity contribution in [3.05, 3.63) is 35.9 Å². The number of amides is 2. The first-order valence-electron chi connectivity index (χ1n) is 8.77. The SMILES string of the molecule is CN(C)c1cc(CNC(=O)N2CCC(C(=O)O)CC2)c2ccccc2n1. The van der Waals surface area contributed by atoms with Crippen LogP contribution in [0.3, 0.4) is 0 Å². The van der Waals surface area contributed by atoms with E-state index in [1.807, 2.05) is 49.3 Å². The first-order valence-corrected chi connectivity index (χ1v) is 8.77. The smallest absolute Gasteiger partial charge is 0.317 e. The number of likely N-dealkylation sites (tertiary alicyclic amines) is 1. The van der Waals surface area contributed by atoms with E-state index in [0.717, 1.165) is 22.3 Å². The lowest BCUT2D eigenvalue weighted by Gasteiger charge is -2.30. The average molecular weight is 356 g/mol. The molecular formula is C19H24N4O3. The van der Waals surface area contributed by atoms with Crippen molar-refractivity contribution in [3.63, 3.8) is 0 Å². The summed E-state index contributed by atoms with van der Waals surface area (Å²) in [4.78, 5) is 31.7. The summed E-state index contributed by atoms with van der Waals surface area (Å²) in [6.07, 6.45) is 1.01. The van der Waals surface area contributed by atoms with Crippen molar-refractivity contribution >= 4 is 28.7 Å². The van der Waals surface area contributed by atoms with Gasteiger partial charge in [0.2, 0.25) is 0 Å². The highest BCUT2D eigenvalue weighted by Gasteiger charge is 2.26. The molecule has 2 N–H and O–H groups in total. The number of para-hydroxylation sites is 1. The number of nitrogens with zero attached hydrogens (tertiary/aromatic N) is 3. The number of carbonyl (C=O) groups excluding carboxylic acids is 1. The summed E-state index contributed by atoms with van der Waals surface area (Å²) in [7, 11) is 3.87. The second-order valence-electron chi connectivity index (χ2n) is 6.81. The molecule has 1 aliphatic rings. The molecule has 1 aromatic carbocycles. The molecule has 0 spiro atoms. The number of aromatic nitrogens is 1. The molecule has 2 aromatic rings. The lowest BCUT2D eigenvalue weighted by Crippen LogP contribution is -2.45. The summed E-state index contributed by atoms with van der Waals surface area (Å²) in [5.74, 6) is -0.273. The zero-order chi connectivity index (χ0) is 18.7. The maximum absolute atomic E-state index is 12.4. The Morgan fingerprint density at radius 2 is 1.96 bits per heavy atom. The molecule has 0 bridgehead atoms. The van der Waals surface area contributed by atoms with Crippen LogP contribution >= 0.6 is 0 Å². The summed E-state index contributed by atoms with van der Waals surface area (Å²) >= 11 is 0. The number of anilines is 1. The predicted octanol–water partition coefficient (Wildman–Crippen LogP) is 2.31. The lowest BCUT2D eigenvalue weighted by molar-refractivity contribution is -0.143. The van der Waals surface area contributed by atoms with E-state index in [9.17, 15) is 9.59 Å². The van der Waals surface area contributed by atoms with Crippen LogP contribution in [0, 0.1) is 5.92 Å². The molecule has 0 unspecified atom stereocenters. The standard InChI is InChI=1S/C19H24N4O3/c1-22(2)17-11-14(15-5-3-4-6-16(15)21-17)12-20-19(26)23-9-7-13(8-10-23)18(24)25/h3-6,11,13H,7-10,12H2,1-2H3,(H,20,26)(H,24,25). The summed E-state index contributed by atoms with van der Waals surface area (Å²) in [5, 5.41) is 13.0. The minimum atomic E-state index is -0.774. The molecular weight excluding hydrogens is 332 g/mol. The fourth-order valence-corrected chi connectivity index (χ4v) is 3.22. The number of fused-ring (bicyclic) bond motifs is 1. The first-order chi connectivity index (χ1) is 12.5. The molecule has 1 fully saturated rings. The van der Waals surface area contributed by atoms with Gasteiger partial charge in [-0.2, -0.15) is 0 Å². The van der Waals surface area contributed by atoms with Crippen LogP contribution in [0.1, 0.15) is 18.4 Å². The van der Waals surface area contributed by atoms with Gasteiger partial charge in [-0.1, -0.05) is 18.2 Å². The van der Waals surface area contributed by atoms with Crippen LogP contribution in [0.4, 0.5) is 10.6 Å². The molecule has 7 heteroatoms. The fraction of sp³-hybridized carbons (Fsp3) is 0.421. The van der Waals surface area contributed by atoms with Crippen molar-refractivity contribution in [2.45, 2.75) is 19.4 Å². The summed E-state index contributed by atoms with van der Waals surface area (Å²) in [6.45, 7) is 1.35. The number of nitrogens with one attached hydrogen (secondary N) is 1. The van der Waals surface area contributed by atoms with Crippen LogP contribution in [0.25, 0.3) is 10.9 Å². The molecule has 0 radical (unpaired) electrons. The highest BCUT2D eigenvalue weighted by Crippen LogP contribution is 2.22. The number of benzene rings is 1. The van der Waals surface area contributed by atoms with Gasteiger partial charge in [-0.25, -0.2) is 9.78 Å². The van der Waals surface area contributed by atoms with Crippen LogP contribution in [0.2, 0.25) is 0 Å². The Balaban J connectivity index is 1.69. The first kappa shape index (κ1) is 18.0. The van der Waals surface area contributed by atoms with Crippen molar-refractivity contribution < 1.29 is 14.7 Å². The number of piperidine rings is 1. The average Bonchev–Trinajstić information content (AvgIpc) is 2.65.